The summed E-state index contributed by atoms with van der Waals surface area (Å²) in [6.45, 7) is 0.566. The summed E-state index contributed by atoms with van der Waals surface area (Å²) in [7, 11) is 0. The van der Waals surface area contributed by atoms with Gasteiger partial charge in [0.15, 0.2) is 0 Å². The Bertz CT molecular complexity index is 476. The zero-order chi connectivity index (χ0) is 12.4. The first-order valence-electron chi connectivity index (χ1n) is 5.15. The molecular weight excluding hydrogens is 288 g/mol. The number of phenolic OH excluding ortho intramolecular Hbond substituents is 1. The molecule has 1 atom stereocenters. The number of phenols is 1. The molecule has 1 fully saturated rings. The van der Waals surface area contributed by atoms with Gasteiger partial charge in [-0.05, 0) is 24.6 Å². The van der Waals surface area contributed by atoms with Gasteiger partial charge in [-0.2, -0.15) is 0 Å². The molecule has 5 nitrogen and oxygen atoms in total. The lowest BCUT2D eigenvalue weighted by atomic mass is 10.1. The van der Waals surface area contributed by atoms with Gasteiger partial charge in [0.1, 0.15) is 11.8 Å². The molecular formula is C11H11BrN2O3. The van der Waals surface area contributed by atoms with Crippen LogP contribution in [-0.4, -0.2) is 29.5 Å². The summed E-state index contributed by atoms with van der Waals surface area (Å²) >= 11 is 3.19. The van der Waals surface area contributed by atoms with Gasteiger partial charge in [-0.3, -0.25) is 9.59 Å². The highest BCUT2D eigenvalue weighted by Crippen LogP contribution is 2.22. The molecule has 3 N–H and O–H groups in total. The summed E-state index contributed by atoms with van der Waals surface area (Å²) in [4.78, 5) is 23.1. The van der Waals surface area contributed by atoms with Crippen LogP contribution in [0, 0.1) is 0 Å². The summed E-state index contributed by atoms with van der Waals surface area (Å²) in [6, 6.07) is 4.08. The number of nitrogens with one attached hydrogen (secondary N) is 2. The molecule has 6 heteroatoms. The van der Waals surface area contributed by atoms with Gasteiger partial charge >= 0.3 is 0 Å². The summed E-state index contributed by atoms with van der Waals surface area (Å²) in [5, 5.41) is 14.8. The van der Waals surface area contributed by atoms with E-state index in [0.717, 1.165) is 0 Å². The first-order chi connectivity index (χ1) is 8.08. The molecule has 0 spiro atoms. The Balaban J connectivity index is 2.11. The van der Waals surface area contributed by atoms with E-state index in [1.807, 2.05) is 0 Å². The molecule has 90 valence electrons. The zero-order valence-corrected chi connectivity index (χ0v) is 10.5. The highest BCUT2D eigenvalue weighted by molar-refractivity contribution is 9.10. The zero-order valence-electron chi connectivity index (χ0n) is 8.87. The molecule has 1 aliphatic rings. The van der Waals surface area contributed by atoms with Gasteiger partial charge in [0, 0.05) is 11.0 Å². The third kappa shape index (κ3) is 2.58. The maximum absolute atomic E-state index is 11.8. The van der Waals surface area contributed by atoms with Gasteiger partial charge in [0.2, 0.25) is 5.91 Å². The number of carbonyl (C=O) groups is 2. The molecule has 1 saturated heterocycles. The predicted octanol–water partition coefficient (Wildman–Crippen LogP) is 0.773. The molecule has 0 aliphatic carbocycles. The largest absolute Gasteiger partial charge is 0.507 e. The lowest BCUT2D eigenvalue weighted by Gasteiger charge is -2.10. The van der Waals surface area contributed by atoms with Gasteiger partial charge in [-0.15, -0.1) is 0 Å². The molecule has 1 heterocycles. The highest BCUT2D eigenvalue weighted by atomic mass is 79.9. The first kappa shape index (κ1) is 11.9. The fourth-order valence-electron chi connectivity index (χ4n) is 1.66. The SMILES string of the molecule is O=C(N[C@H]1CCNC1=O)c1ccc(Br)cc1O. The van der Waals surface area contributed by atoms with Crippen LogP contribution in [0.1, 0.15) is 16.8 Å². The van der Waals surface area contributed by atoms with Gasteiger partial charge in [0.05, 0.1) is 5.56 Å². The van der Waals surface area contributed by atoms with Crippen LogP contribution >= 0.6 is 15.9 Å². The predicted molar refractivity (Wildman–Crippen MR) is 64.7 cm³/mol. The van der Waals surface area contributed by atoms with Crippen molar-refractivity contribution in [1.29, 1.82) is 0 Å². The standard InChI is InChI=1S/C11H11BrN2O3/c12-6-1-2-7(9(15)5-6)10(16)14-8-3-4-13-11(8)17/h1-2,5,8,15H,3-4H2,(H,13,17)(H,14,16)/t8-/m0/s1. The number of rotatable bonds is 2. The summed E-state index contributed by atoms with van der Waals surface area (Å²) < 4.78 is 0.685. The Hall–Kier alpha value is -1.56. The minimum absolute atomic E-state index is 0.115. The van der Waals surface area contributed by atoms with Crippen molar-refractivity contribution in [2.75, 3.05) is 6.54 Å². The number of carbonyl (C=O) groups excluding carboxylic acids is 2. The van der Waals surface area contributed by atoms with Crippen LogP contribution in [0.3, 0.4) is 0 Å². The topological polar surface area (TPSA) is 78.4 Å². The van der Waals surface area contributed by atoms with Crippen LogP contribution in [0.15, 0.2) is 22.7 Å². The van der Waals surface area contributed by atoms with E-state index >= 15 is 0 Å². The average molecular weight is 299 g/mol. The average Bonchev–Trinajstić information content (AvgIpc) is 2.64. The van der Waals surface area contributed by atoms with E-state index in [1.54, 1.807) is 6.07 Å². The van der Waals surface area contributed by atoms with Crippen LogP contribution in [0.4, 0.5) is 0 Å². The van der Waals surface area contributed by atoms with E-state index in [4.69, 9.17) is 0 Å². The van der Waals surface area contributed by atoms with Crippen LogP contribution in [0.5, 0.6) is 5.75 Å². The van der Waals surface area contributed by atoms with Crippen molar-refractivity contribution in [3.05, 3.63) is 28.2 Å². The Morgan fingerprint density at radius 3 is 2.88 bits per heavy atom. The van der Waals surface area contributed by atoms with Crippen LogP contribution in [0.25, 0.3) is 0 Å². The monoisotopic (exact) mass is 298 g/mol. The fourth-order valence-corrected chi connectivity index (χ4v) is 2.01. The first-order valence-corrected chi connectivity index (χ1v) is 5.94. The number of hydrogen-bond acceptors (Lipinski definition) is 3. The highest BCUT2D eigenvalue weighted by Gasteiger charge is 2.26. The van der Waals surface area contributed by atoms with Gasteiger partial charge < -0.3 is 15.7 Å². The van der Waals surface area contributed by atoms with Crippen molar-refractivity contribution in [2.24, 2.45) is 0 Å². The van der Waals surface area contributed by atoms with Crippen molar-refractivity contribution >= 4 is 27.7 Å². The van der Waals surface area contributed by atoms with Crippen LogP contribution < -0.4 is 10.6 Å². The lowest BCUT2D eigenvalue weighted by molar-refractivity contribution is -0.120. The van der Waals surface area contributed by atoms with Gasteiger partial charge in [-0.25, -0.2) is 0 Å². The molecule has 0 unspecified atom stereocenters. The van der Waals surface area contributed by atoms with Crippen LogP contribution in [-0.2, 0) is 4.79 Å². The number of halogens is 1. The lowest BCUT2D eigenvalue weighted by Crippen LogP contribution is -2.40. The molecule has 17 heavy (non-hydrogen) atoms. The molecule has 2 amide bonds. The van der Waals surface area contributed by atoms with Crippen molar-refractivity contribution in [3.63, 3.8) is 0 Å². The van der Waals surface area contributed by atoms with Crippen molar-refractivity contribution < 1.29 is 14.7 Å². The van der Waals surface area contributed by atoms with Gasteiger partial charge in [-0.1, -0.05) is 15.9 Å². The summed E-state index contributed by atoms with van der Waals surface area (Å²) in [6.07, 6.45) is 0.571. The number of aromatic hydroxyl groups is 1. The van der Waals surface area contributed by atoms with E-state index < -0.39 is 11.9 Å². The van der Waals surface area contributed by atoms with Crippen molar-refractivity contribution in [3.8, 4) is 5.75 Å². The molecule has 0 bridgehead atoms. The third-order valence-electron chi connectivity index (χ3n) is 2.56. The molecule has 0 radical (unpaired) electrons. The second kappa shape index (κ2) is 4.75. The normalized spacial score (nSPS) is 18.9. The maximum atomic E-state index is 11.8. The van der Waals surface area contributed by atoms with Crippen molar-refractivity contribution in [2.45, 2.75) is 12.5 Å². The van der Waals surface area contributed by atoms with Gasteiger partial charge in [0.25, 0.3) is 5.91 Å². The third-order valence-corrected chi connectivity index (χ3v) is 3.05. The van der Waals surface area contributed by atoms with E-state index in [2.05, 4.69) is 26.6 Å². The molecule has 0 aromatic heterocycles. The Kier molecular flexibility index (Phi) is 3.33. The summed E-state index contributed by atoms with van der Waals surface area (Å²) in [5.41, 5.74) is 0.160. The molecule has 2 rings (SSSR count). The van der Waals surface area contributed by atoms with E-state index in [-0.39, 0.29) is 17.2 Å². The minimum Gasteiger partial charge on any atom is -0.507 e. The van der Waals surface area contributed by atoms with E-state index in [9.17, 15) is 14.7 Å². The van der Waals surface area contributed by atoms with Crippen LogP contribution in [0.2, 0.25) is 0 Å². The molecule has 1 aromatic carbocycles. The number of amides is 2. The molecule has 1 aromatic rings. The quantitative estimate of drug-likeness (QED) is 0.755. The van der Waals surface area contributed by atoms with E-state index in [1.165, 1.54) is 12.1 Å². The second-order valence-electron chi connectivity index (χ2n) is 3.77. The Morgan fingerprint density at radius 2 is 2.29 bits per heavy atom. The molecule has 0 saturated carbocycles. The summed E-state index contributed by atoms with van der Waals surface area (Å²) in [5.74, 6) is -0.748. The number of benzene rings is 1. The number of hydrogen-bond donors (Lipinski definition) is 3. The molecule has 1 aliphatic heterocycles. The Labute approximate surface area is 106 Å². The van der Waals surface area contributed by atoms with Crippen molar-refractivity contribution in [1.82, 2.24) is 10.6 Å². The minimum atomic E-state index is -0.509. The Morgan fingerprint density at radius 1 is 1.53 bits per heavy atom. The fraction of sp³-hybridized carbons (Fsp3) is 0.273. The smallest absolute Gasteiger partial charge is 0.255 e. The van der Waals surface area contributed by atoms with E-state index in [0.29, 0.717) is 17.4 Å². The maximum Gasteiger partial charge on any atom is 0.255 e. The second-order valence-corrected chi connectivity index (χ2v) is 4.68.